The number of hydrogen-bond donors (Lipinski definition) is 1. The van der Waals surface area contributed by atoms with E-state index in [1.165, 1.54) is 12.8 Å². The van der Waals surface area contributed by atoms with Crippen LogP contribution < -0.4 is 0 Å². The van der Waals surface area contributed by atoms with Crippen LogP contribution in [0.4, 0.5) is 0 Å². The van der Waals surface area contributed by atoms with E-state index in [1.807, 2.05) is 6.92 Å². The lowest BCUT2D eigenvalue weighted by Crippen LogP contribution is -2.21. The summed E-state index contributed by atoms with van der Waals surface area (Å²) in [5.74, 6) is 0. The smallest absolute Gasteiger partial charge is 0.296 e. The van der Waals surface area contributed by atoms with Gasteiger partial charge in [0.2, 0.25) is 0 Å². The topological polar surface area (TPSA) is 82.1 Å². The predicted octanol–water partition coefficient (Wildman–Crippen LogP) is 3.60. The van der Waals surface area contributed by atoms with Crippen molar-refractivity contribution in [3.8, 4) is 0 Å². The van der Waals surface area contributed by atoms with Crippen LogP contribution in [-0.4, -0.2) is 52.2 Å². The number of aryl methyl sites for hydroxylation is 1. The fourth-order valence-electron chi connectivity index (χ4n) is 3.28. The van der Waals surface area contributed by atoms with Gasteiger partial charge in [0.15, 0.2) is 0 Å². The molecule has 7 heteroatoms. The van der Waals surface area contributed by atoms with Gasteiger partial charge in [-0.2, -0.15) is 8.42 Å². The van der Waals surface area contributed by atoms with E-state index in [-0.39, 0.29) is 24.2 Å². The zero-order chi connectivity index (χ0) is 20.2. The van der Waals surface area contributed by atoms with E-state index in [9.17, 15) is 8.42 Å². The van der Waals surface area contributed by atoms with Gasteiger partial charge in [-0.1, -0.05) is 17.7 Å². The van der Waals surface area contributed by atoms with Crippen LogP contribution in [0.25, 0.3) is 0 Å². The van der Waals surface area contributed by atoms with E-state index in [2.05, 4.69) is 0 Å². The molecular formula is C21H34O6S. The van der Waals surface area contributed by atoms with Crippen molar-refractivity contribution in [1.82, 2.24) is 0 Å². The Morgan fingerprint density at radius 2 is 1.54 bits per heavy atom. The van der Waals surface area contributed by atoms with Crippen molar-refractivity contribution in [2.45, 2.75) is 75.4 Å². The molecule has 2 fully saturated rings. The molecule has 160 valence electrons. The van der Waals surface area contributed by atoms with Gasteiger partial charge in [0.1, 0.15) is 0 Å². The second kappa shape index (κ2) is 12.5. The van der Waals surface area contributed by atoms with Crippen LogP contribution in [0.3, 0.4) is 0 Å². The average Bonchev–Trinajstić information content (AvgIpc) is 2.71. The second-order valence-electron chi connectivity index (χ2n) is 7.37. The third-order valence-corrected chi connectivity index (χ3v) is 6.31. The molecule has 0 aliphatic carbocycles. The molecule has 3 rings (SSSR count). The van der Waals surface area contributed by atoms with Gasteiger partial charge in [-0.25, -0.2) is 0 Å². The summed E-state index contributed by atoms with van der Waals surface area (Å²) < 4.78 is 39.8. The summed E-state index contributed by atoms with van der Waals surface area (Å²) in [4.78, 5) is 0.211. The summed E-state index contributed by atoms with van der Waals surface area (Å²) in [6, 6.07) is 6.67. The third kappa shape index (κ3) is 8.57. The number of rotatable bonds is 7. The molecule has 2 heterocycles. The van der Waals surface area contributed by atoms with Gasteiger partial charge in [0.05, 0.1) is 23.7 Å². The quantitative estimate of drug-likeness (QED) is 0.687. The molecule has 2 aliphatic rings. The molecule has 0 aromatic heterocycles. The van der Waals surface area contributed by atoms with Crippen molar-refractivity contribution >= 4 is 10.1 Å². The molecule has 0 bridgehead atoms. The maximum Gasteiger partial charge on any atom is 0.296 e. The Labute approximate surface area is 169 Å². The Morgan fingerprint density at radius 1 is 0.964 bits per heavy atom. The number of hydrogen-bond acceptors (Lipinski definition) is 6. The second-order valence-corrected chi connectivity index (χ2v) is 8.98. The standard InChI is InChI=1S/C14H20O4S.C7H14O2/c1-12-5-7-14(8-6-12)19(15,16)18-11-9-13-4-2-3-10-17-13;8-5-4-7-3-1-2-6-9-7/h5-8,13H,2-4,9-11H2,1H3;7-8H,1-6H2. The Balaban J connectivity index is 0.000000261. The summed E-state index contributed by atoms with van der Waals surface area (Å²) in [5.41, 5.74) is 1.02. The van der Waals surface area contributed by atoms with Crippen molar-refractivity contribution in [2.24, 2.45) is 0 Å². The average molecular weight is 415 g/mol. The highest BCUT2D eigenvalue weighted by atomic mass is 32.2. The molecule has 0 amide bonds. The van der Waals surface area contributed by atoms with Gasteiger partial charge in [-0.15, -0.1) is 0 Å². The molecule has 0 radical (unpaired) electrons. The summed E-state index contributed by atoms with van der Waals surface area (Å²) in [5, 5.41) is 8.54. The largest absolute Gasteiger partial charge is 0.396 e. The van der Waals surface area contributed by atoms with Crippen molar-refractivity contribution < 1.29 is 27.2 Å². The molecule has 6 nitrogen and oxygen atoms in total. The summed E-state index contributed by atoms with van der Waals surface area (Å²) in [6.45, 7) is 4.03. The molecule has 2 atom stereocenters. The number of aliphatic hydroxyl groups is 1. The van der Waals surface area contributed by atoms with E-state index in [0.29, 0.717) is 12.5 Å². The number of ether oxygens (including phenoxy) is 2. The summed E-state index contributed by atoms with van der Waals surface area (Å²) >= 11 is 0. The summed E-state index contributed by atoms with van der Waals surface area (Å²) in [6.07, 6.45) is 8.78. The zero-order valence-corrected chi connectivity index (χ0v) is 17.7. The van der Waals surface area contributed by atoms with E-state index < -0.39 is 10.1 Å². The first-order chi connectivity index (χ1) is 13.5. The minimum absolute atomic E-state index is 0.141. The fraction of sp³-hybridized carbons (Fsp3) is 0.714. The van der Waals surface area contributed by atoms with Gasteiger partial charge in [0, 0.05) is 19.8 Å². The van der Waals surface area contributed by atoms with Gasteiger partial charge in [0.25, 0.3) is 10.1 Å². The number of aliphatic hydroxyl groups excluding tert-OH is 1. The fourth-order valence-corrected chi connectivity index (χ4v) is 4.20. The first-order valence-corrected chi connectivity index (χ1v) is 11.7. The molecular weight excluding hydrogens is 380 g/mol. The maximum absolute atomic E-state index is 11.9. The monoisotopic (exact) mass is 414 g/mol. The molecule has 1 aromatic carbocycles. The van der Waals surface area contributed by atoms with Crippen LogP contribution >= 0.6 is 0 Å². The molecule has 0 spiro atoms. The lowest BCUT2D eigenvalue weighted by atomic mass is 10.1. The SMILES string of the molecule is Cc1ccc(S(=O)(=O)OCCC2CCCCO2)cc1.OCCC1CCCCO1. The third-order valence-electron chi connectivity index (χ3n) is 4.99. The summed E-state index contributed by atoms with van der Waals surface area (Å²) in [7, 11) is -3.63. The zero-order valence-electron chi connectivity index (χ0n) is 16.8. The Morgan fingerprint density at radius 3 is 2.04 bits per heavy atom. The van der Waals surface area contributed by atoms with Gasteiger partial charge >= 0.3 is 0 Å². The molecule has 2 unspecified atom stereocenters. The minimum Gasteiger partial charge on any atom is -0.396 e. The Bertz CT molecular complexity index is 629. The van der Waals surface area contributed by atoms with Gasteiger partial charge < -0.3 is 14.6 Å². The van der Waals surface area contributed by atoms with E-state index in [0.717, 1.165) is 50.9 Å². The van der Waals surface area contributed by atoms with Crippen molar-refractivity contribution in [1.29, 1.82) is 0 Å². The highest BCUT2D eigenvalue weighted by Gasteiger charge is 2.18. The van der Waals surface area contributed by atoms with Crippen LogP contribution in [0.15, 0.2) is 29.2 Å². The van der Waals surface area contributed by atoms with Crippen molar-refractivity contribution in [2.75, 3.05) is 26.4 Å². The molecule has 1 aromatic rings. The number of benzene rings is 1. The maximum atomic E-state index is 11.9. The Kier molecular flexibility index (Phi) is 10.4. The van der Waals surface area contributed by atoms with Crippen LogP contribution in [0, 0.1) is 6.92 Å². The van der Waals surface area contributed by atoms with Crippen molar-refractivity contribution in [3.05, 3.63) is 29.8 Å². The first kappa shape index (κ1) is 23.3. The van der Waals surface area contributed by atoms with Crippen LogP contribution in [0.1, 0.15) is 56.9 Å². The highest BCUT2D eigenvalue weighted by molar-refractivity contribution is 7.86. The van der Waals surface area contributed by atoms with Crippen LogP contribution in [-0.2, 0) is 23.8 Å². The predicted molar refractivity (Wildman–Crippen MR) is 108 cm³/mol. The molecule has 1 N–H and O–H groups in total. The Hall–Kier alpha value is -0.990. The van der Waals surface area contributed by atoms with Crippen LogP contribution in [0.5, 0.6) is 0 Å². The first-order valence-electron chi connectivity index (χ1n) is 10.3. The van der Waals surface area contributed by atoms with E-state index in [1.54, 1.807) is 24.3 Å². The lowest BCUT2D eigenvalue weighted by molar-refractivity contribution is 0.00216. The molecule has 2 aliphatic heterocycles. The van der Waals surface area contributed by atoms with Gasteiger partial charge in [-0.3, -0.25) is 4.18 Å². The molecule has 2 saturated heterocycles. The van der Waals surface area contributed by atoms with E-state index >= 15 is 0 Å². The molecule has 0 saturated carbocycles. The van der Waals surface area contributed by atoms with Gasteiger partial charge in [-0.05, 0) is 70.4 Å². The van der Waals surface area contributed by atoms with E-state index in [4.69, 9.17) is 18.8 Å². The highest BCUT2D eigenvalue weighted by Crippen LogP contribution is 2.18. The minimum atomic E-state index is -3.63. The van der Waals surface area contributed by atoms with Crippen molar-refractivity contribution in [3.63, 3.8) is 0 Å². The van der Waals surface area contributed by atoms with Crippen LogP contribution in [0.2, 0.25) is 0 Å². The lowest BCUT2D eigenvalue weighted by Gasteiger charge is -2.22. The molecule has 28 heavy (non-hydrogen) atoms. The normalized spacial score (nSPS) is 22.9.